The molecule has 2 rings (SSSR count). The molecule has 17 heavy (non-hydrogen) atoms. The second-order valence-electron chi connectivity index (χ2n) is 4.23. The van der Waals surface area contributed by atoms with Gasteiger partial charge in [0, 0.05) is 35.4 Å². The number of pyridine rings is 1. The van der Waals surface area contributed by atoms with E-state index < -0.39 is 0 Å². The summed E-state index contributed by atoms with van der Waals surface area (Å²) < 4.78 is 5.76. The van der Waals surface area contributed by atoms with Crippen molar-refractivity contribution >= 4 is 16.5 Å². The zero-order chi connectivity index (χ0) is 12.3. The number of hydrogen-bond donors (Lipinski definition) is 1. The van der Waals surface area contributed by atoms with Crippen LogP contribution in [0.5, 0.6) is 5.75 Å². The number of rotatable bonds is 4. The predicted octanol–water partition coefficient (Wildman–Crippen LogP) is 1.76. The van der Waals surface area contributed by atoms with E-state index >= 15 is 0 Å². The van der Waals surface area contributed by atoms with Crippen LogP contribution in [0.2, 0.25) is 0 Å². The minimum absolute atomic E-state index is 0.661. The van der Waals surface area contributed by atoms with Crippen LogP contribution in [0.25, 0.3) is 10.8 Å². The quantitative estimate of drug-likeness (QED) is 0.815. The fraction of sp³-hybridized carbons (Fsp3) is 0.308. The lowest BCUT2D eigenvalue weighted by molar-refractivity contribution is 0.263. The van der Waals surface area contributed by atoms with Crippen LogP contribution >= 0.6 is 0 Å². The van der Waals surface area contributed by atoms with Crippen molar-refractivity contribution in [1.29, 1.82) is 0 Å². The first-order valence-electron chi connectivity index (χ1n) is 5.58. The molecule has 0 bridgehead atoms. The van der Waals surface area contributed by atoms with Gasteiger partial charge in [-0.25, -0.2) is 0 Å². The average Bonchev–Trinajstić information content (AvgIpc) is 2.32. The topological polar surface area (TPSA) is 51.4 Å². The highest BCUT2D eigenvalue weighted by atomic mass is 16.5. The molecule has 0 aliphatic rings. The molecule has 0 amide bonds. The predicted molar refractivity (Wildman–Crippen MR) is 70.2 cm³/mol. The number of nitrogens with two attached hydrogens (primary N) is 1. The molecular weight excluding hydrogens is 214 g/mol. The zero-order valence-electron chi connectivity index (χ0n) is 10.2. The summed E-state index contributed by atoms with van der Waals surface area (Å²) >= 11 is 0. The number of hydrogen-bond acceptors (Lipinski definition) is 4. The van der Waals surface area contributed by atoms with Crippen LogP contribution in [0.1, 0.15) is 0 Å². The van der Waals surface area contributed by atoms with Crippen molar-refractivity contribution < 1.29 is 4.74 Å². The third-order valence-electron chi connectivity index (χ3n) is 2.61. The molecule has 0 radical (unpaired) electrons. The Morgan fingerprint density at radius 2 is 2.06 bits per heavy atom. The number of aromatic nitrogens is 1. The number of ether oxygens (including phenoxy) is 1. The van der Waals surface area contributed by atoms with E-state index in [0.717, 1.165) is 28.8 Å². The van der Waals surface area contributed by atoms with Crippen LogP contribution in [0, 0.1) is 0 Å². The van der Waals surface area contributed by atoms with Crippen LogP contribution in [0.3, 0.4) is 0 Å². The van der Waals surface area contributed by atoms with Crippen molar-refractivity contribution in [2.75, 3.05) is 33.0 Å². The van der Waals surface area contributed by atoms with Gasteiger partial charge in [0.05, 0.1) is 0 Å². The second kappa shape index (κ2) is 5.01. The van der Waals surface area contributed by atoms with Gasteiger partial charge in [0.25, 0.3) is 0 Å². The number of fused-ring (bicyclic) bond motifs is 1. The summed E-state index contributed by atoms with van der Waals surface area (Å²) in [4.78, 5) is 6.16. The summed E-state index contributed by atoms with van der Waals surface area (Å²) in [7, 11) is 4.04. The molecule has 2 N–H and O–H groups in total. The van der Waals surface area contributed by atoms with Gasteiger partial charge in [-0.3, -0.25) is 4.98 Å². The Hall–Kier alpha value is -1.81. The Morgan fingerprint density at radius 3 is 2.82 bits per heavy atom. The van der Waals surface area contributed by atoms with E-state index in [-0.39, 0.29) is 0 Å². The Balaban J connectivity index is 2.26. The average molecular weight is 231 g/mol. The Labute approximate surface area is 101 Å². The van der Waals surface area contributed by atoms with E-state index in [4.69, 9.17) is 10.5 Å². The van der Waals surface area contributed by atoms with E-state index in [1.54, 1.807) is 12.4 Å². The van der Waals surface area contributed by atoms with E-state index in [9.17, 15) is 0 Å². The smallest absolute Gasteiger partial charge is 0.127 e. The zero-order valence-corrected chi connectivity index (χ0v) is 10.2. The fourth-order valence-electron chi connectivity index (χ4n) is 1.65. The Morgan fingerprint density at radius 1 is 1.24 bits per heavy atom. The van der Waals surface area contributed by atoms with Crippen LogP contribution in [0.15, 0.2) is 30.6 Å². The minimum Gasteiger partial charge on any atom is -0.492 e. The van der Waals surface area contributed by atoms with Crippen LogP contribution in [-0.4, -0.2) is 37.1 Å². The largest absolute Gasteiger partial charge is 0.492 e. The lowest BCUT2D eigenvalue weighted by atomic mass is 10.1. The van der Waals surface area contributed by atoms with Gasteiger partial charge in [0.15, 0.2) is 0 Å². The van der Waals surface area contributed by atoms with Crippen molar-refractivity contribution in [2.45, 2.75) is 0 Å². The summed E-state index contributed by atoms with van der Waals surface area (Å²) in [6.07, 6.45) is 3.52. The summed E-state index contributed by atoms with van der Waals surface area (Å²) in [5.41, 5.74) is 6.63. The molecule has 90 valence electrons. The van der Waals surface area contributed by atoms with Gasteiger partial charge in [0.1, 0.15) is 12.4 Å². The maximum atomic E-state index is 5.90. The lowest BCUT2D eigenvalue weighted by Gasteiger charge is -2.13. The van der Waals surface area contributed by atoms with Crippen LogP contribution in [0.4, 0.5) is 5.69 Å². The molecule has 4 heteroatoms. The monoisotopic (exact) mass is 231 g/mol. The van der Waals surface area contributed by atoms with Crippen molar-refractivity contribution in [3.63, 3.8) is 0 Å². The normalized spacial score (nSPS) is 11.0. The molecule has 0 aliphatic carbocycles. The molecule has 1 heterocycles. The molecule has 0 saturated heterocycles. The molecule has 4 nitrogen and oxygen atoms in total. The second-order valence-corrected chi connectivity index (χ2v) is 4.23. The molecule has 0 spiro atoms. The standard InChI is InChI=1S/C13H17N3O/c1-16(2)7-8-17-13-4-3-12(14)11-9-15-6-5-10(11)13/h3-6,9H,7-8,14H2,1-2H3. The third kappa shape index (κ3) is 2.65. The summed E-state index contributed by atoms with van der Waals surface area (Å²) in [5.74, 6) is 0.860. The molecule has 0 unspecified atom stereocenters. The van der Waals surface area contributed by atoms with E-state index in [1.165, 1.54) is 0 Å². The fourth-order valence-corrected chi connectivity index (χ4v) is 1.65. The SMILES string of the molecule is CN(C)CCOc1ccc(N)c2cnccc12. The molecule has 0 atom stereocenters. The molecule has 0 saturated carbocycles. The number of anilines is 1. The maximum absolute atomic E-state index is 5.90. The first kappa shape index (κ1) is 11.7. The molecule has 2 aromatic rings. The van der Waals surface area contributed by atoms with Crippen molar-refractivity contribution in [2.24, 2.45) is 0 Å². The van der Waals surface area contributed by atoms with Crippen molar-refractivity contribution in [1.82, 2.24) is 9.88 Å². The van der Waals surface area contributed by atoms with Crippen LogP contribution in [-0.2, 0) is 0 Å². The molecule has 1 aromatic carbocycles. The molecule has 0 fully saturated rings. The number of likely N-dealkylation sites (N-methyl/N-ethyl adjacent to an activating group) is 1. The number of nitrogens with zero attached hydrogens (tertiary/aromatic N) is 2. The highest BCUT2D eigenvalue weighted by Gasteiger charge is 2.04. The first-order chi connectivity index (χ1) is 8.18. The molecule has 1 aromatic heterocycles. The third-order valence-corrected chi connectivity index (χ3v) is 2.61. The molecular formula is C13H17N3O. The van der Waals surface area contributed by atoms with Gasteiger partial charge in [-0.05, 0) is 32.3 Å². The summed E-state index contributed by atoms with van der Waals surface area (Å²) in [5, 5.41) is 1.95. The number of nitrogen functional groups attached to an aromatic ring is 1. The number of benzene rings is 1. The van der Waals surface area contributed by atoms with Gasteiger partial charge in [-0.15, -0.1) is 0 Å². The maximum Gasteiger partial charge on any atom is 0.127 e. The van der Waals surface area contributed by atoms with Gasteiger partial charge >= 0.3 is 0 Å². The minimum atomic E-state index is 0.661. The van der Waals surface area contributed by atoms with E-state index in [0.29, 0.717) is 6.61 Å². The van der Waals surface area contributed by atoms with Gasteiger partial charge < -0.3 is 15.4 Å². The highest BCUT2D eigenvalue weighted by Crippen LogP contribution is 2.29. The first-order valence-corrected chi connectivity index (χ1v) is 5.58. The van der Waals surface area contributed by atoms with E-state index in [1.807, 2.05) is 32.3 Å². The van der Waals surface area contributed by atoms with Crippen molar-refractivity contribution in [3.05, 3.63) is 30.6 Å². The van der Waals surface area contributed by atoms with Gasteiger partial charge in [-0.1, -0.05) is 0 Å². The van der Waals surface area contributed by atoms with Crippen LogP contribution < -0.4 is 10.5 Å². The summed E-state index contributed by atoms with van der Waals surface area (Å²) in [6.45, 7) is 1.55. The molecule has 0 aliphatic heterocycles. The van der Waals surface area contributed by atoms with Crippen molar-refractivity contribution in [3.8, 4) is 5.75 Å². The van der Waals surface area contributed by atoms with Gasteiger partial charge in [-0.2, -0.15) is 0 Å². The highest BCUT2D eigenvalue weighted by molar-refractivity contribution is 5.96. The Kier molecular flexibility index (Phi) is 3.44. The Bertz CT molecular complexity index is 511. The lowest BCUT2D eigenvalue weighted by Crippen LogP contribution is -2.19. The van der Waals surface area contributed by atoms with Gasteiger partial charge in [0.2, 0.25) is 0 Å². The summed E-state index contributed by atoms with van der Waals surface area (Å²) in [6, 6.07) is 5.69. The van der Waals surface area contributed by atoms with E-state index in [2.05, 4.69) is 9.88 Å².